The van der Waals surface area contributed by atoms with Crippen LogP contribution in [0.3, 0.4) is 0 Å². The van der Waals surface area contributed by atoms with Crippen LogP contribution in [0.2, 0.25) is 0 Å². The molecule has 1 aliphatic carbocycles. The molecule has 0 saturated heterocycles. The van der Waals surface area contributed by atoms with Crippen LogP contribution in [0.25, 0.3) is 0 Å². The molecule has 0 amide bonds. The molecule has 3 rings (SSSR count). The van der Waals surface area contributed by atoms with Gasteiger partial charge in [0, 0.05) is 17.1 Å². The van der Waals surface area contributed by atoms with Crippen molar-refractivity contribution in [2.75, 3.05) is 0 Å². The van der Waals surface area contributed by atoms with Crippen molar-refractivity contribution in [1.82, 2.24) is 5.32 Å². The van der Waals surface area contributed by atoms with Crippen molar-refractivity contribution < 1.29 is 5.11 Å². The second-order valence-electron chi connectivity index (χ2n) is 4.98. The van der Waals surface area contributed by atoms with Crippen LogP contribution in [0.4, 0.5) is 0 Å². The van der Waals surface area contributed by atoms with Crippen LogP contribution in [0, 0.1) is 0 Å². The average molecular weight is 318 g/mol. The molecule has 2 N–H and O–H groups in total. The summed E-state index contributed by atoms with van der Waals surface area (Å²) in [5.74, 6) is 0.368. The predicted octanol–water partition coefficient (Wildman–Crippen LogP) is 3.93. The molecule has 19 heavy (non-hydrogen) atoms. The number of aryl methyl sites for hydroxylation is 1. The first-order valence-corrected chi connectivity index (χ1v) is 7.31. The molecule has 1 atom stereocenters. The van der Waals surface area contributed by atoms with Crippen LogP contribution in [-0.2, 0) is 13.0 Å². The van der Waals surface area contributed by atoms with Crippen LogP contribution in [0.5, 0.6) is 5.75 Å². The summed E-state index contributed by atoms with van der Waals surface area (Å²) in [6, 6.07) is 14.5. The molecule has 2 aromatic rings. The third-order valence-electron chi connectivity index (χ3n) is 3.67. The molecule has 0 bridgehead atoms. The minimum Gasteiger partial charge on any atom is -0.508 e. The lowest BCUT2D eigenvalue weighted by Crippen LogP contribution is -2.18. The van der Waals surface area contributed by atoms with Crippen molar-refractivity contribution in [2.45, 2.75) is 25.4 Å². The van der Waals surface area contributed by atoms with Gasteiger partial charge in [-0.25, -0.2) is 0 Å². The zero-order valence-electron chi connectivity index (χ0n) is 10.6. The number of hydrogen-bond acceptors (Lipinski definition) is 2. The van der Waals surface area contributed by atoms with Gasteiger partial charge in [-0.05, 0) is 53.8 Å². The lowest BCUT2D eigenvalue weighted by atomic mass is 10.1. The lowest BCUT2D eigenvalue weighted by molar-refractivity contribution is 0.474. The molecule has 3 heteroatoms. The van der Waals surface area contributed by atoms with Gasteiger partial charge in [-0.15, -0.1) is 0 Å². The molecule has 2 aromatic carbocycles. The molecule has 0 heterocycles. The number of hydrogen-bond donors (Lipinski definition) is 2. The summed E-state index contributed by atoms with van der Waals surface area (Å²) in [4.78, 5) is 0. The normalized spacial score (nSPS) is 17.4. The maximum Gasteiger partial charge on any atom is 0.115 e. The Morgan fingerprint density at radius 1 is 1.16 bits per heavy atom. The fourth-order valence-corrected chi connectivity index (χ4v) is 2.92. The van der Waals surface area contributed by atoms with Crippen molar-refractivity contribution in [3.05, 3.63) is 63.6 Å². The lowest BCUT2D eigenvalue weighted by Gasteiger charge is -2.14. The first-order chi connectivity index (χ1) is 9.22. The smallest absolute Gasteiger partial charge is 0.115 e. The van der Waals surface area contributed by atoms with E-state index in [2.05, 4.69) is 45.5 Å². The Labute approximate surface area is 121 Å². The van der Waals surface area contributed by atoms with Crippen molar-refractivity contribution in [3.8, 4) is 5.75 Å². The summed E-state index contributed by atoms with van der Waals surface area (Å²) in [6.45, 7) is 0.873. The Morgan fingerprint density at radius 3 is 2.74 bits per heavy atom. The highest BCUT2D eigenvalue weighted by atomic mass is 79.9. The van der Waals surface area contributed by atoms with Crippen LogP contribution >= 0.6 is 15.9 Å². The van der Waals surface area contributed by atoms with Gasteiger partial charge in [0.2, 0.25) is 0 Å². The number of fused-ring (bicyclic) bond motifs is 1. The van der Waals surface area contributed by atoms with Gasteiger partial charge in [0.15, 0.2) is 0 Å². The van der Waals surface area contributed by atoms with Gasteiger partial charge < -0.3 is 10.4 Å². The zero-order valence-corrected chi connectivity index (χ0v) is 12.2. The number of phenols is 1. The van der Waals surface area contributed by atoms with Crippen molar-refractivity contribution in [2.24, 2.45) is 0 Å². The van der Waals surface area contributed by atoms with E-state index >= 15 is 0 Å². The van der Waals surface area contributed by atoms with Gasteiger partial charge >= 0.3 is 0 Å². The monoisotopic (exact) mass is 317 g/mol. The Morgan fingerprint density at radius 2 is 1.95 bits per heavy atom. The number of phenolic OH excluding ortho intramolecular Hbond substituents is 1. The highest BCUT2D eigenvalue weighted by Gasteiger charge is 2.21. The Bertz CT molecular complexity index is 580. The van der Waals surface area contributed by atoms with E-state index in [0.717, 1.165) is 23.9 Å². The summed E-state index contributed by atoms with van der Waals surface area (Å²) in [5, 5.41) is 13.1. The number of halogens is 1. The van der Waals surface area contributed by atoms with Gasteiger partial charge in [0.25, 0.3) is 0 Å². The summed E-state index contributed by atoms with van der Waals surface area (Å²) < 4.78 is 1.11. The Hall–Kier alpha value is -1.32. The summed E-state index contributed by atoms with van der Waals surface area (Å²) in [7, 11) is 0. The van der Waals surface area contributed by atoms with E-state index in [1.54, 1.807) is 6.07 Å². The minimum absolute atomic E-state index is 0.368. The van der Waals surface area contributed by atoms with Crippen LogP contribution in [-0.4, -0.2) is 5.11 Å². The Kier molecular flexibility index (Phi) is 3.58. The standard InChI is InChI=1S/C16H16BrNO/c17-13-4-1-11(2-5-13)10-18-16-8-3-12-9-14(19)6-7-15(12)16/h1-2,4-7,9,16,18-19H,3,8,10H2. The zero-order chi connectivity index (χ0) is 13.2. The minimum atomic E-state index is 0.368. The fourth-order valence-electron chi connectivity index (χ4n) is 2.66. The average Bonchev–Trinajstić information content (AvgIpc) is 2.80. The van der Waals surface area contributed by atoms with Crippen LogP contribution < -0.4 is 5.32 Å². The van der Waals surface area contributed by atoms with Gasteiger partial charge in [-0.1, -0.05) is 34.1 Å². The van der Waals surface area contributed by atoms with Gasteiger partial charge in [-0.3, -0.25) is 0 Å². The highest BCUT2D eigenvalue weighted by molar-refractivity contribution is 9.10. The molecule has 0 aliphatic heterocycles. The molecule has 1 unspecified atom stereocenters. The second kappa shape index (κ2) is 5.35. The van der Waals surface area contributed by atoms with Crippen molar-refractivity contribution >= 4 is 15.9 Å². The first-order valence-electron chi connectivity index (χ1n) is 6.52. The van der Waals surface area contributed by atoms with Crippen LogP contribution in [0.1, 0.15) is 29.2 Å². The molecule has 0 aromatic heterocycles. The maximum atomic E-state index is 9.49. The Balaban J connectivity index is 1.68. The van der Waals surface area contributed by atoms with Crippen LogP contribution in [0.15, 0.2) is 46.9 Å². The number of aromatic hydroxyl groups is 1. The van der Waals surface area contributed by atoms with Crippen molar-refractivity contribution in [1.29, 1.82) is 0 Å². The molecule has 0 saturated carbocycles. The largest absolute Gasteiger partial charge is 0.508 e. The summed E-state index contributed by atoms with van der Waals surface area (Å²) in [6.07, 6.45) is 2.15. The van der Waals surface area contributed by atoms with Gasteiger partial charge in [0.1, 0.15) is 5.75 Å². The third kappa shape index (κ3) is 2.82. The van der Waals surface area contributed by atoms with Gasteiger partial charge in [-0.2, -0.15) is 0 Å². The van der Waals surface area contributed by atoms with E-state index < -0.39 is 0 Å². The highest BCUT2D eigenvalue weighted by Crippen LogP contribution is 2.33. The number of benzene rings is 2. The second-order valence-corrected chi connectivity index (χ2v) is 5.90. The quantitative estimate of drug-likeness (QED) is 0.899. The summed E-state index contributed by atoms with van der Waals surface area (Å²) >= 11 is 3.45. The molecule has 0 radical (unpaired) electrons. The maximum absolute atomic E-state index is 9.49. The molecular formula is C16H16BrNO. The van der Waals surface area contributed by atoms with Gasteiger partial charge in [0.05, 0.1) is 0 Å². The number of nitrogens with one attached hydrogen (secondary N) is 1. The molecule has 0 spiro atoms. The summed E-state index contributed by atoms with van der Waals surface area (Å²) in [5.41, 5.74) is 3.89. The topological polar surface area (TPSA) is 32.3 Å². The van der Waals surface area contributed by atoms with E-state index in [9.17, 15) is 5.11 Å². The molecule has 0 fully saturated rings. The molecule has 98 valence electrons. The van der Waals surface area contributed by atoms with Crippen molar-refractivity contribution in [3.63, 3.8) is 0 Å². The van der Waals surface area contributed by atoms with E-state index in [1.165, 1.54) is 16.7 Å². The SMILES string of the molecule is Oc1ccc2c(c1)CCC2NCc1ccc(Br)cc1. The fraction of sp³-hybridized carbons (Fsp3) is 0.250. The molecular weight excluding hydrogens is 302 g/mol. The van der Waals surface area contributed by atoms with E-state index in [0.29, 0.717) is 11.8 Å². The molecule has 2 nitrogen and oxygen atoms in total. The third-order valence-corrected chi connectivity index (χ3v) is 4.20. The molecule has 1 aliphatic rings. The predicted molar refractivity (Wildman–Crippen MR) is 80.2 cm³/mol. The first kappa shape index (κ1) is 12.7. The number of rotatable bonds is 3. The van der Waals surface area contributed by atoms with E-state index in [1.807, 2.05) is 12.1 Å². The van der Waals surface area contributed by atoms with E-state index in [-0.39, 0.29) is 0 Å². The van der Waals surface area contributed by atoms with E-state index in [4.69, 9.17) is 0 Å².